The molecular formula is C15H23NO2. The van der Waals surface area contributed by atoms with E-state index in [9.17, 15) is 4.79 Å². The van der Waals surface area contributed by atoms with Crippen LogP contribution in [0.15, 0.2) is 18.2 Å². The first kappa shape index (κ1) is 14.7. The summed E-state index contributed by atoms with van der Waals surface area (Å²) in [5, 5.41) is 8.86. The molecule has 0 bridgehead atoms. The van der Waals surface area contributed by atoms with E-state index in [-0.39, 0.29) is 5.92 Å². The molecule has 0 aromatic heterocycles. The number of aliphatic carboxylic acids is 1. The van der Waals surface area contributed by atoms with Crippen molar-refractivity contribution < 1.29 is 9.90 Å². The molecule has 0 aliphatic carbocycles. The van der Waals surface area contributed by atoms with E-state index in [4.69, 9.17) is 10.8 Å². The molecule has 100 valence electrons. The van der Waals surface area contributed by atoms with Crippen molar-refractivity contribution >= 4 is 5.97 Å². The summed E-state index contributed by atoms with van der Waals surface area (Å²) in [5.41, 5.74) is 9.38. The van der Waals surface area contributed by atoms with Crippen molar-refractivity contribution in [2.45, 2.75) is 46.1 Å². The first-order chi connectivity index (χ1) is 8.32. The minimum atomic E-state index is -0.921. The second kappa shape index (κ2) is 6.01. The highest BCUT2D eigenvalue weighted by molar-refractivity contribution is 5.73. The Labute approximate surface area is 109 Å². The van der Waals surface area contributed by atoms with Gasteiger partial charge in [0.15, 0.2) is 0 Å². The molecule has 3 N–H and O–H groups in total. The molecule has 0 aliphatic heterocycles. The van der Waals surface area contributed by atoms with Crippen LogP contribution in [-0.2, 0) is 4.79 Å². The van der Waals surface area contributed by atoms with Gasteiger partial charge in [0, 0.05) is 0 Å². The van der Waals surface area contributed by atoms with Crippen LogP contribution >= 0.6 is 0 Å². The summed E-state index contributed by atoms with van der Waals surface area (Å²) in [6.07, 6.45) is 0.504. The smallest absolute Gasteiger partial charge is 0.320 e. The summed E-state index contributed by atoms with van der Waals surface area (Å²) in [6.45, 7) is 8.37. The van der Waals surface area contributed by atoms with Crippen LogP contribution in [0.2, 0.25) is 0 Å². The Bertz CT molecular complexity index is 429. The molecule has 18 heavy (non-hydrogen) atoms. The van der Waals surface area contributed by atoms with E-state index >= 15 is 0 Å². The molecule has 1 aromatic carbocycles. The van der Waals surface area contributed by atoms with Gasteiger partial charge in [-0.05, 0) is 43.2 Å². The van der Waals surface area contributed by atoms with E-state index in [1.807, 2.05) is 0 Å². The fourth-order valence-electron chi connectivity index (χ4n) is 2.26. The number of hydrogen-bond acceptors (Lipinski definition) is 2. The zero-order valence-electron chi connectivity index (χ0n) is 11.6. The summed E-state index contributed by atoms with van der Waals surface area (Å²) >= 11 is 0. The molecule has 0 heterocycles. The molecule has 0 fully saturated rings. The SMILES string of the molecule is Cc1ccc(C)c(C(C)C(C)CC(N)C(=O)O)c1. The fraction of sp³-hybridized carbons (Fsp3) is 0.533. The Morgan fingerprint density at radius 2 is 1.94 bits per heavy atom. The molecule has 3 heteroatoms. The predicted octanol–water partition coefficient (Wildman–Crippen LogP) is 2.85. The number of aryl methyl sites for hydroxylation is 2. The summed E-state index contributed by atoms with van der Waals surface area (Å²) in [6, 6.07) is 5.63. The zero-order valence-corrected chi connectivity index (χ0v) is 11.6. The number of carboxylic acids is 1. The first-order valence-corrected chi connectivity index (χ1v) is 6.38. The molecule has 3 atom stereocenters. The molecule has 3 nitrogen and oxygen atoms in total. The highest BCUT2D eigenvalue weighted by atomic mass is 16.4. The number of nitrogens with two attached hydrogens (primary N) is 1. The van der Waals surface area contributed by atoms with Gasteiger partial charge < -0.3 is 10.8 Å². The summed E-state index contributed by atoms with van der Waals surface area (Å²) < 4.78 is 0. The van der Waals surface area contributed by atoms with Crippen LogP contribution < -0.4 is 5.73 Å². The van der Waals surface area contributed by atoms with E-state index in [2.05, 4.69) is 45.9 Å². The summed E-state index contributed by atoms with van der Waals surface area (Å²) in [5.74, 6) is -0.359. The highest BCUT2D eigenvalue weighted by Gasteiger charge is 2.22. The Hall–Kier alpha value is -1.35. The number of hydrogen-bond donors (Lipinski definition) is 2. The van der Waals surface area contributed by atoms with Gasteiger partial charge in [0.05, 0.1) is 0 Å². The van der Waals surface area contributed by atoms with Gasteiger partial charge in [-0.1, -0.05) is 37.6 Å². The summed E-state index contributed by atoms with van der Waals surface area (Å²) in [4.78, 5) is 10.8. The van der Waals surface area contributed by atoms with Gasteiger partial charge in [0.2, 0.25) is 0 Å². The monoisotopic (exact) mass is 249 g/mol. The second-order valence-corrected chi connectivity index (χ2v) is 5.31. The third-order valence-corrected chi connectivity index (χ3v) is 3.72. The van der Waals surface area contributed by atoms with Crippen molar-refractivity contribution in [2.24, 2.45) is 11.7 Å². The largest absolute Gasteiger partial charge is 0.480 e. The maximum absolute atomic E-state index is 10.8. The van der Waals surface area contributed by atoms with Crippen LogP contribution in [0.5, 0.6) is 0 Å². The number of rotatable bonds is 5. The summed E-state index contributed by atoms with van der Waals surface area (Å²) in [7, 11) is 0. The third kappa shape index (κ3) is 3.57. The fourth-order valence-corrected chi connectivity index (χ4v) is 2.26. The van der Waals surface area contributed by atoms with Crippen LogP contribution in [0.1, 0.15) is 42.9 Å². The minimum Gasteiger partial charge on any atom is -0.480 e. The maximum Gasteiger partial charge on any atom is 0.320 e. The first-order valence-electron chi connectivity index (χ1n) is 6.38. The van der Waals surface area contributed by atoms with Gasteiger partial charge in [0.25, 0.3) is 0 Å². The van der Waals surface area contributed by atoms with Gasteiger partial charge in [0.1, 0.15) is 6.04 Å². The molecule has 0 saturated carbocycles. The van der Waals surface area contributed by atoms with Crippen molar-refractivity contribution in [2.75, 3.05) is 0 Å². The Morgan fingerprint density at radius 3 is 2.50 bits per heavy atom. The highest BCUT2D eigenvalue weighted by Crippen LogP contribution is 2.30. The quantitative estimate of drug-likeness (QED) is 0.843. The lowest BCUT2D eigenvalue weighted by Gasteiger charge is -2.24. The molecular weight excluding hydrogens is 226 g/mol. The van der Waals surface area contributed by atoms with Crippen LogP contribution in [0, 0.1) is 19.8 Å². The average Bonchev–Trinajstić information content (AvgIpc) is 2.31. The number of carboxylic acid groups (broad SMARTS) is 1. The molecule has 0 spiro atoms. The minimum absolute atomic E-state index is 0.247. The van der Waals surface area contributed by atoms with Gasteiger partial charge >= 0.3 is 5.97 Å². The maximum atomic E-state index is 10.8. The van der Waals surface area contributed by atoms with Crippen LogP contribution in [0.25, 0.3) is 0 Å². The molecule has 0 aliphatic rings. The Balaban J connectivity index is 2.82. The van der Waals surface area contributed by atoms with Gasteiger partial charge in [-0.15, -0.1) is 0 Å². The van der Waals surface area contributed by atoms with E-state index in [0.717, 1.165) is 0 Å². The van der Waals surface area contributed by atoms with E-state index in [1.165, 1.54) is 16.7 Å². The van der Waals surface area contributed by atoms with E-state index in [1.54, 1.807) is 0 Å². The Kier molecular flexibility index (Phi) is 4.91. The van der Waals surface area contributed by atoms with Gasteiger partial charge in [-0.3, -0.25) is 4.79 Å². The third-order valence-electron chi connectivity index (χ3n) is 3.72. The molecule has 0 radical (unpaired) electrons. The average molecular weight is 249 g/mol. The Morgan fingerprint density at radius 1 is 1.33 bits per heavy atom. The van der Waals surface area contributed by atoms with Crippen LogP contribution in [0.4, 0.5) is 0 Å². The zero-order chi connectivity index (χ0) is 13.9. The topological polar surface area (TPSA) is 63.3 Å². The lowest BCUT2D eigenvalue weighted by Crippen LogP contribution is -2.32. The normalized spacial score (nSPS) is 16.1. The van der Waals surface area contributed by atoms with E-state index < -0.39 is 12.0 Å². The number of benzene rings is 1. The van der Waals surface area contributed by atoms with Crippen molar-refractivity contribution in [3.63, 3.8) is 0 Å². The molecule has 0 amide bonds. The predicted molar refractivity (Wildman–Crippen MR) is 73.7 cm³/mol. The van der Waals surface area contributed by atoms with Gasteiger partial charge in [-0.25, -0.2) is 0 Å². The van der Waals surface area contributed by atoms with Crippen molar-refractivity contribution in [1.29, 1.82) is 0 Å². The lowest BCUT2D eigenvalue weighted by molar-refractivity contribution is -0.138. The molecule has 1 aromatic rings. The lowest BCUT2D eigenvalue weighted by atomic mass is 9.82. The number of carbonyl (C=O) groups is 1. The van der Waals surface area contributed by atoms with Crippen LogP contribution in [-0.4, -0.2) is 17.1 Å². The standard InChI is InChI=1S/C15H23NO2/c1-9-5-6-10(2)13(7-9)12(4)11(3)8-14(16)15(17)18/h5-7,11-12,14H,8,16H2,1-4H3,(H,17,18). The van der Waals surface area contributed by atoms with Crippen molar-refractivity contribution in [3.8, 4) is 0 Å². The van der Waals surface area contributed by atoms with Crippen molar-refractivity contribution in [3.05, 3.63) is 34.9 Å². The van der Waals surface area contributed by atoms with Gasteiger partial charge in [-0.2, -0.15) is 0 Å². The van der Waals surface area contributed by atoms with E-state index in [0.29, 0.717) is 12.3 Å². The molecule has 3 unspecified atom stereocenters. The van der Waals surface area contributed by atoms with Crippen molar-refractivity contribution in [1.82, 2.24) is 0 Å². The second-order valence-electron chi connectivity index (χ2n) is 5.31. The van der Waals surface area contributed by atoms with Crippen LogP contribution in [0.3, 0.4) is 0 Å². The molecule has 1 rings (SSSR count). The molecule has 0 saturated heterocycles.